The maximum Gasteiger partial charge on any atom is 0.271 e. The number of hydrogen-bond donors (Lipinski definition) is 0. The van der Waals surface area contributed by atoms with Crippen molar-refractivity contribution in [2.24, 2.45) is 0 Å². The first-order chi connectivity index (χ1) is 11.5. The number of ether oxygens (including phenoxy) is 1. The van der Waals surface area contributed by atoms with Crippen molar-refractivity contribution in [2.45, 2.75) is 6.54 Å². The van der Waals surface area contributed by atoms with Gasteiger partial charge in [-0.05, 0) is 30.3 Å². The number of aromatic nitrogens is 2. The van der Waals surface area contributed by atoms with Gasteiger partial charge >= 0.3 is 0 Å². The summed E-state index contributed by atoms with van der Waals surface area (Å²) in [5.41, 5.74) is -0.158. The van der Waals surface area contributed by atoms with Crippen LogP contribution >= 0.6 is 0 Å². The van der Waals surface area contributed by atoms with Gasteiger partial charge in [0.25, 0.3) is 11.2 Å². The minimum atomic E-state index is -0.539. The molecule has 2 aromatic carbocycles. The van der Waals surface area contributed by atoms with Gasteiger partial charge in [0.2, 0.25) is 0 Å². The summed E-state index contributed by atoms with van der Waals surface area (Å²) in [4.78, 5) is 26.6. The topological polar surface area (TPSA) is 87.3 Å². The van der Waals surface area contributed by atoms with Crippen LogP contribution in [0, 0.1) is 15.9 Å². The predicted molar refractivity (Wildman–Crippen MR) is 84.6 cm³/mol. The average Bonchev–Trinajstić information content (AvgIpc) is 2.58. The molecule has 3 aromatic rings. The summed E-state index contributed by atoms with van der Waals surface area (Å²) in [5, 5.41) is 11.0. The normalized spacial score (nSPS) is 10.7. The monoisotopic (exact) mass is 329 g/mol. The summed E-state index contributed by atoms with van der Waals surface area (Å²) in [6.45, 7) is 0.446. The smallest absolute Gasteiger partial charge is 0.271 e. The van der Waals surface area contributed by atoms with Gasteiger partial charge in [0.15, 0.2) is 0 Å². The molecule has 0 aliphatic heterocycles. The Hall–Kier alpha value is -3.29. The van der Waals surface area contributed by atoms with Crippen molar-refractivity contribution < 1.29 is 14.1 Å². The number of halogens is 1. The zero-order valence-electron chi connectivity index (χ0n) is 12.4. The van der Waals surface area contributed by atoms with Crippen molar-refractivity contribution in [1.82, 2.24) is 9.55 Å². The van der Waals surface area contributed by atoms with E-state index in [2.05, 4.69) is 4.98 Å². The van der Waals surface area contributed by atoms with Gasteiger partial charge in [0.1, 0.15) is 18.2 Å². The Morgan fingerprint density at radius 2 is 1.96 bits per heavy atom. The maximum absolute atomic E-state index is 12.8. The van der Waals surface area contributed by atoms with Gasteiger partial charge in [-0.3, -0.25) is 19.5 Å². The molecule has 0 fully saturated rings. The summed E-state index contributed by atoms with van der Waals surface area (Å²) >= 11 is 0. The lowest BCUT2D eigenvalue weighted by Gasteiger charge is -2.08. The van der Waals surface area contributed by atoms with Crippen LogP contribution in [0.2, 0.25) is 0 Å². The highest BCUT2D eigenvalue weighted by Crippen LogP contribution is 2.16. The lowest BCUT2D eigenvalue weighted by molar-refractivity contribution is -0.384. The van der Waals surface area contributed by atoms with Gasteiger partial charge < -0.3 is 4.74 Å². The second-order valence-corrected chi connectivity index (χ2v) is 5.00. The van der Waals surface area contributed by atoms with E-state index in [-0.39, 0.29) is 35.7 Å². The van der Waals surface area contributed by atoms with Gasteiger partial charge in [-0.25, -0.2) is 9.37 Å². The van der Waals surface area contributed by atoms with Crippen LogP contribution in [0.3, 0.4) is 0 Å². The van der Waals surface area contributed by atoms with Crippen molar-refractivity contribution in [3.05, 3.63) is 75.1 Å². The molecule has 0 N–H and O–H groups in total. The van der Waals surface area contributed by atoms with Gasteiger partial charge in [0.05, 0.1) is 28.7 Å². The molecule has 3 rings (SSSR count). The number of non-ortho nitro benzene ring substituents is 1. The van der Waals surface area contributed by atoms with E-state index in [1.54, 1.807) is 0 Å². The highest BCUT2D eigenvalue weighted by molar-refractivity contribution is 5.79. The number of benzene rings is 2. The van der Waals surface area contributed by atoms with Gasteiger partial charge in [-0.2, -0.15) is 0 Å². The van der Waals surface area contributed by atoms with Crippen LogP contribution in [0.25, 0.3) is 10.9 Å². The lowest BCUT2D eigenvalue weighted by atomic mass is 10.2. The Balaban J connectivity index is 1.76. The molecule has 1 aromatic heterocycles. The fourth-order valence-electron chi connectivity index (χ4n) is 2.21. The van der Waals surface area contributed by atoms with Crippen molar-refractivity contribution in [3.63, 3.8) is 0 Å². The molecule has 0 saturated heterocycles. The zero-order chi connectivity index (χ0) is 17.1. The van der Waals surface area contributed by atoms with Crippen LogP contribution in [-0.2, 0) is 6.54 Å². The molecule has 0 amide bonds. The Kier molecular flexibility index (Phi) is 4.19. The molecular formula is C16H12FN3O4. The molecular weight excluding hydrogens is 317 g/mol. The Morgan fingerprint density at radius 3 is 2.67 bits per heavy atom. The quantitative estimate of drug-likeness (QED) is 0.530. The van der Waals surface area contributed by atoms with Crippen molar-refractivity contribution in [2.75, 3.05) is 6.61 Å². The summed E-state index contributed by atoms with van der Waals surface area (Å²) in [6, 6.07) is 9.48. The number of nitro benzene ring substituents is 1. The fraction of sp³-hybridized carbons (Fsp3) is 0.125. The van der Waals surface area contributed by atoms with Crippen LogP contribution in [-0.4, -0.2) is 21.1 Å². The van der Waals surface area contributed by atoms with E-state index in [1.807, 2.05) is 0 Å². The van der Waals surface area contributed by atoms with E-state index in [0.29, 0.717) is 11.1 Å². The first kappa shape index (κ1) is 15.6. The number of rotatable bonds is 5. The minimum absolute atomic E-state index is 0.119. The summed E-state index contributed by atoms with van der Waals surface area (Å²) < 4.78 is 19.6. The van der Waals surface area contributed by atoms with E-state index in [4.69, 9.17) is 4.74 Å². The van der Waals surface area contributed by atoms with Crippen LogP contribution in [0.15, 0.2) is 53.6 Å². The zero-order valence-corrected chi connectivity index (χ0v) is 12.4. The summed E-state index contributed by atoms with van der Waals surface area (Å²) in [7, 11) is 0. The fourth-order valence-corrected chi connectivity index (χ4v) is 2.21. The van der Waals surface area contributed by atoms with Crippen molar-refractivity contribution in [3.8, 4) is 5.75 Å². The molecule has 8 heteroatoms. The molecule has 1 heterocycles. The van der Waals surface area contributed by atoms with Crippen molar-refractivity contribution in [1.29, 1.82) is 0 Å². The summed E-state index contributed by atoms with van der Waals surface area (Å²) in [5.74, 6) is 0.139. The third-order valence-corrected chi connectivity index (χ3v) is 3.43. The van der Waals surface area contributed by atoms with E-state index in [9.17, 15) is 19.3 Å². The van der Waals surface area contributed by atoms with Crippen LogP contribution < -0.4 is 10.3 Å². The van der Waals surface area contributed by atoms with E-state index in [1.165, 1.54) is 53.4 Å². The molecule has 0 atom stereocenters. The maximum atomic E-state index is 12.8. The molecule has 0 aliphatic rings. The first-order valence-corrected chi connectivity index (χ1v) is 7.06. The molecule has 0 unspecified atom stereocenters. The molecule has 7 nitrogen and oxygen atoms in total. The van der Waals surface area contributed by atoms with Crippen LogP contribution in [0.1, 0.15) is 0 Å². The van der Waals surface area contributed by atoms with Gasteiger partial charge in [0, 0.05) is 12.1 Å². The second kappa shape index (κ2) is 6.45. The first-order valence-electron chi connectivity index (χ1n) is 7.06. The third kappa shape index (κ3) is 3.22. The van der Waals surface area contributed by atoms with E-state index >= 15 is 0 Å². The van der Waals surface area contributed by atoms with Crippen LogP contribution in [0.4, 0.5) is 10.1 Å². The van der Waals surface area contributed by atoms with Gasteiger partial charge in [-0.15, -0.1) is 0 Å². The molecule has 0 aliphatic carbocycles. The number of nitrogens with zero attached hydrogens (tertiary/aromatic N) is 3. The lowest BCUT2D eigenvalue weighted by Crippen LogP contribution is -2.23. The molecule has 0 bridgehead atoms. The number of nitro groups is 1. The summed E-state index contributed by atoms with van der Waals surface area (Å²) in [6.07, 6.45) is 1.32. The Morgan fingerprint density at radius 1 is 1.21 bits per heavy atom. The molecule has 0 spiro atoms. The molecule has 24 heavy (non-hydrogen) atoms. The minimum Gasteiger partial charge on any atom is -0.492 e. The SMILES string of the molecule is O=c1c2ccc([N+](=O)[O-])cc2ncn1CCOc1ccc(F)cc1. The van der Waals surface area contributed by atoms with Crippen LogP contribution in [0.5, 0.6) is 5.75 Å². The largest absolute Gasteiger partial charge is 0.492 e. The Labute approximate surface area is 135 Å². The second-order valence-electron chi connectivity index (χ2n) is 5.00. The Bertz CT molecular complexity index is 954. The predicted octanol–water partition coefficient (Wildman–Crippen LogP) is 2.52. The number of fused-ring (bicyclic) bond motifs is 1. The average molecular weight is 329 g/mol. The highest BCUT2D eigenvalue weighted by Gasteiger charge is 2.10. The van der Waals surface area contributed by atoms with Gasteiger partial charge in [-0.1, -0.05) is 0 Å². The standard InChI is InChI=1S/C16H12FN3O4/c17-11-1-4-13(5-2-11)24-8-7-19-10-18-15-9-12(20(22)23)3-6-14(15)16(19)21/h1-6,9-10H,7-8H2. The molecule has 0 saturated carbocycles. The molecule has 0 radical (unpaired) electrons. The van der Waals surface area contributed by atoms with Crippen molar-refractivity contribution >= 4 is 16.6 Å². The molecule has 122 valence electrons. The third-order valence-electron chi connectivity index (χ3n) is 3.43. The van der Waals surface area contributed by atoms with E-state index in [0.717, 1.165) is 0 Å². The highest BCUT2D eigenvalue weighted by atomic mass is 19.1. The van der Waals surface area contributed by atoms with E-state index < -0.39 is 4.92 Å². The number of hydrogen-bond acceptors (Lipinski definition) is 5.